The van der Waals surface area contributed by atoms with Crippen LogP contribution in [0.25, 0.3) is 0 Å². The van der Waals surface area contributed by atoms with Crippen molar-refractivity contribution < 1.29 is 23.4 Å². The fraction of sp³-hybridized carbons (Fsp3) is 0.167. The van der Waals surface area contributed by atoms with Gasteiger partial charge in [-0.25, -0.2) is 4.98 Å². The Labute approximate surface area is 116 Å². The molecule has 0 atom stereocenters. The summed E-state index contributed by atoms with van der Waals surface area (Å²) in [6.07, 6.45) is -0.140. The van der Waals surface area contributed by atoms with Crippen LogP contribution in [0.1, 0.15) is 5.69 Å². The van der Waals surface area contributed by atoms with Gasteiger partial charge in [0.1, 0.15) is 5.75 Å². The zero-order valence-corrected chi connectivity index (χ0v) is 10.9. The van der Waals surface area contributed by atoms with Gasteiger partial charge in [0.15, 0.2) is 5.13 Å². The summed E-state index contributed by atoms with van der Waals surface area (Å²) in [4.78, 5) is 14.6. The van der Waals surface area contributed by atoms with Gasteiger partial charge in [-0.1, -0.05) is 0 Å². The average Bonchev–Trinajstić information content (AvgIpc) is 2.77. The van der Waals surface area contributed by atoms with Crippen molar-refractivity contribution in [2.45, 2.75) is 13.0 Å². The zero-order valence-electron chi connectivity index (χ0n) is 10.0. The lowest BCUT2D eigenvalue weighted by molar-refractivity contribution is -0.136. The fourth-order valence-electron chi connectivity index (χ4n) is 1.44. The molecule has 106 valence electrons. The summed E-state index contributed by atoms with van der Waals surface area (Å²) in [6.45, 7) is -2.86. The van der Waals surface area contributed by atoms with Gasteiger partial charge in [-0.2, -0.15) is 8.78 Å². The van der Waals surface area contributed by atoms with Crippen molar-refractivity contribution in [2.75, 3.05) is 5.32 Å². The van der Waals surface area contributed by atoms with Crippen LogP contribution >= 0.6 is 11.3 Å². The van der Waals surface area contributed by atoms with E-state index in [0.717, 1.165) is 0 Å². The molecule has 0 spiro atoms. The molecule has 20 heavy (non-hydrogen) atoms. The minimum atomic E-state index is -2.86. The van der Waals surface area contributed by atoms with E-state index >= 15 is 0 Å². The molecule has 1 aromatic heterocycles. The van der Waals surface area contributed by atoms with Crippen LogP contribution < -0.4 is 10.1 Å². The third-order valence-electron chi connectivity index (χ3n) is 2.21. The summed E-state index contributed by atoms with van der Waals surface area (Å²) in [5.41, 5.74) is 1.10. The van der Waals surface area contributed by atoms with Crippen molar-refractivity contribution >= 4 is 28.1 Å². The second-order valence-corrected chi connectivity index (χ2v) is 4.60. The normalized spacial score (nSPS) is 10.6. The number of halogens is 2. The number of anilines is 2. The molecule has 0 aliphatic carbocycles. The molecule has 0 aliphatic rings. The second-order valence-electron chi connectivity index (χ2n) is 3.74. The van der Waals surface area contributed by atoms with E-state index in [0.29, 0.717) is 16.5 Å². The maximum absolute atomic E-state index is 12.0. The number of alkyl halides is 2. The van der Waals surface area contributed by atoms with Crippen molar-refractivity contribution in [3.8, 4) is 5.75 Å². The number of nitrogens with zero attached hydrogens (tertiary/aromatic N) is 1. The van der Waals surface area contributed by atoms with E-state index in [-0.39, 0.29) is 12.2 Å². The van der Waals surface area contributed by atoms with E-state index < -0.39 is 12.6 Å². The number of rotatable bonds is 6. The molecule has 0 aliphatic heterocycles. The number of aliphatic carboxylic acids is 1. The lowest BCUT2D eigenvalue weighted by atomic mass is 10.3. The summed E-state index contributed by atoms with van der Waals surface area (Å²) in [7, 11) is 0. The van der Waals surface area contributed by atoms with Crippen LogP contribution in [0.2, 0.25) is 0 Å². The molecule has 1 aromatic carbocycles. The highest BCUT2D eigenvalue weighted by Gasteiger charge is 2.07. The van der Waals surface area contributed by atoms with Gasteiger partial charge < -0.3 is 15.2 Å². The zero-order chi connectivity index (χ0) is 14.5. The topological polar surface area (TPSA) is 71.5 Å². The van der Waals surface area contributed by atoms with Crippen molar-refractivity contribution in [3.63, 3.8) is 0 Å². The molecule has 0 amide bonds. The molecule has 2 rings (SSSR count). The van der Waals surface area contributed by atoms with Gasteiger partial charge in [0.25, 0.3) is 0 Å². The van der Waals surface area contributed by atoms with Crippen molar-refractivity contribution in [3.05, 3.63) is 35.3 Å². The number of carbonyl (C=O) groups is 1. The Morgan fingerprint density at radius 2 is 2.10 bits per heavy atom. The maximum atomic E-state index is 12.0. The first kappa shape index (κ1) is 14.2. The minimum Gasteiger partial charge on any atom is -0.481 e. The first-order valence-electron chi connectivity index (χ1n) is 5.51. The van der Waals surface area contributed by atoms with Gasteiger partial charge in [-0.15, -0.1) is 11.3 Å². The van der Waals surface area contributed by atoms with Crippen LogP contribution in [0, 0.1) is 0 Å². The minimum absolute atomic E-state index is 0.0660. The van der Waals surface area contributed by atoms with E-state index in [2.05, 4.69) is 15.0 Å². The Morgan fingerprint density at radius 3 is 2.70 bits per heavy atom. The van der Waals surface area contributed by atoms with E-state index in [1.165, 1.54) is 23.5 Å². The first-order valence-corrected chi connectivity index (χ1v) is 6.39. The van der Waals surface area contributed by atoms with Crippen molar-refractivity contribution in [1.29, 1.82) is 0 Å². The molecule has 0 radical (unpaired) electrons. The average molecular weight is 300 g/mol. The molecule has 8 heteroatoms. The number of ether oxygens (including phenoxy) is 1. The predicted molar refractivity (Wildman–Crippen MR) is 69.8 cm³/mol. The Balaban J connectivity index is 1.99. The summed E-state index contributed by atoms with van der Waals surface area (Å²) in [6, 6.07) is 5.94. The molecule has 2 aromatic rings. The largest absolute Gasteiger partial charge is 0.481 e. The van der Waals surface area contributed by atoms with Gasteiger partial charge in [0.2, 0.25) is 0 Å². The number of hydrogen-bond acceptors (Lipinski definition) is 5. The Morgan fingerprint density at radius 1 is 1.40 bits per heavy atom. The third-order valence-corrected chi connectivity index (χ3v) is 3.02. The van der Waals surface area contributed by atoms with Crippen LogP contribution in [-0.2, 0) is 11.2 Å². The molecule has 1 heterocycles. The summed E-state index contributed by atoms with van der Waals surface area (Å²) in [5, 5.41) is 13.8. The lowest BCUT2D eigenvalue weighted by Gasteiger charge is -2.06. The quantitative estimate of drug-likeness (QED) is 0.857. The predicted octanol–water partition coefficient (Wildman–Crippen LogP) is 3.12. The monoisotopic (exact) mass is 300 g/mol. The van der Waals surface area contributed by atoms with Gasteiger partial charge in [0, 0.05) is 11.1 Å². The van der Waals surface area contributed by atoms with Crippen molar-refractivity contribution in [1.82, 2.24) is 4.98 Å². The molecule has 5 nitrogen and oxygen atoms in total. The molecular formula is C12H10F2N2O3S. The number of benzene rings is 1. The molecule has 0 saturated heterocycles. The number of nitrogens with one attached hydrogen (secondary N) is 1. The Hall–Kier alpha value is -2.22. The summed E-state index contributed by atoms with van der Waals surface area (Å²) < 4.78 is 28.2. The van der Waals surface area contributed by atoms with Gasteiger partial charge in [-0.05, 0) is 24.3 Å². The van der Waals surface area contributed by atoms with Crippen LogP contribution in [0.4, 0.5) is 19.6 Å². The van der Waals surface area contributed by atoms with Crippen LogP contribution in [0.15, 0.2) is 29.6 Å². The summed E-state index contributed by atoms with van der Waals surface area (Å²) in [5.74, 6) is -0.883. The van der Waals surface area contributed by atoms with E-state index in [4.69, 9.17) is 5.11 Å². The number of hydrogen-bond donors (Lipinski definition) is 2. The highest BCUT2D eigenvalue weighted by Crippen LogP contribution is 2.23. The van der Waals surface area contributed by atoms with Gasteiger partial charge in [0.05, 0.1) is 12.1 Å². The first-order chi connectivity index (χ1) is 9.52. The van der Waals surface area contributed by atoms with Crippen LogP contribution in [-0.4, -0.2) is 22.7 Å². The molecule has 0 bridgehead atoms. The second kappa shape index (κ2) is 6.29. The fourth-order valence-corrected chi connectivity index (χ4v) is 2.17. The highest BCUT2D eigenvalue weighted by atomic mass is 32.1. The SMILES string of the molecule is O=C(O)Cc1csc(Nc2ccc(OC(F)F)cc2)n1. The van der Waals surface area contributed by atoms with Gasteiger partial charge >= 0.3 is 12.6 Å². The Bertz CT molecular complexity index is 587. The molecule has 2 N–H and O–H groups in total. The standard InChI is InChI=1S/C12H10F2N2O3S/c13-11(14)19-9-3-1-7(2-4-9)15-12-16-8(6-20-12)5-10(17)18/h1-4,6,11H,5H2,(H,15,16)(H,17,18). The van der Waals surface area contributed by atoms with Crippen LogP contribution in [0.3, 0.4) is 0 Å². The maximum Gasteiger partial charge on any atom is 0.387 e. The molecular weight excluding hydrogens is 290 g/mol. The third kappa shape index (κ3) is 4.16. The van der Waals surface area contributed by atoms with E-state index in [1.54, 1.807) is 17.5 Å². The molecule has 0 saturated carbocycles. The number of thiazole rings is 1. The smallest absolute Gasteiger partial charge is 0.387 e. The van der Waals surface area contributed by atoms with Crippen LogP contribution in [0.5, 0.6) is 5.75 Å². The van der Waals surface area contributed by atoms with E-state index in [9.17, 15) is 13.6 Å². The Kier molecular flexibility index (Phi) is 4.46. The number of carboxylic acid groups (broad SMARTS) is 1. The highest BCUT2D eigenvalue weighted by molar-refractivity contribution is 7.13. The molecule has 0 unspecified atom stereocenters. The van der Waals surface area contributed by atoms with Crippen molar-refractivity contribution in [2.24, 2.45) is 0 Å². The molecule has 0 fully saturated rings. The van der Waals surface area contributed by atoms with Gasteiger partial charge in [-0.3, -0.25) is 4.79 Å². The number of aromatic nitrogens is 1. The van der Waals surface area contributed by atoms with E-state index in [1.807, 2.05) is 0 Å². The number of carboxylic acids is 1. The summed E-state index contributed by atoms with van der Waals surface area (Å²) >= 11 is 1.26. The lowest BCUT2D eigenvalue weighted by Crippen LogP contribution is -2.02.